The molecule has 2 aliphatic heterocycles. The van der Waals surface area contributed by atoms with Crippen molar-refractivity contribution in [2.24, 2.45) is 0 Å². The second-order valence-corrected chi connectivity index (χ2v) is 6.61. The predicted octanol–water partition coefficient (Wildman–Crippen LogP) is 1.87. The lowest BCUT2D eigenvalue weighted by molar-refractivity contribution is 0.0398. The molecule has 144 valence electrons. The summed E-state index contributed by atoms with van der Waals surface area (Å²) in [6.07, 6.45) is 0. The molecule has 4 rings (SSSR count). The molecule has 8 nitrogen and oxygen atoms in total. The summed E-state index contributed by atoms with van der Waals surface area (Å²) in [5.41, 5.74) is 1.11. The molecule has 1 fully saturated rings. The van der Waals surface area contributed by atoms with E-state index in [2.05, 4.69) is 25.5 Å². The maximum Gasteiger partial charge on any atom is 0.231 e. The highest BCUT2D eigenvalue weighted by Gasteiger charge is 2.13. The van der Waals surface area contributed by atoms with E-state index in [0.717, 1.165) is 73.9 Å². The smallest absolute Gasteiger partial charge is 0.231 e. The first-order valence-electron chi connectivity index (χ1n) is 9.28. The number of hydrogen-bond donors (Lipinski definition) is 2. The summed E-state index contributed by atoms with van der Waals surface area (Å²) in [6.45, 7) is 8.29. The van der Waals surface area contributed by atoms with Crippen molar-refractivity contribution < 1.29 is 14.2 Å². The molecule has 3 heterocycles. The fourth-order valence-electron chi connectivity index (χ4n) is 3.16. The van der Waals surface area contributed by atoms with E-state index in [9.17, 15) is 0 Å². The molecule has 0 aliphatic carbocycles. The van der Waals surface area contributed by atoms with Crippen LogP contribution in [-0.4, -0.2) is 61.1 Å². The van der Waals surface area contributed by atoms with Crippen molar-refractivity contribution in [3.63, 3.8) is 0 Å². The average Bonchev–Trinajstić information content (AvgIpc) is 3.15. The molecular weight excluding hydrogens is 346 g/mol. The Morgan fingerprint density at radius 1 is 1.00 bits per heavy atom. The van der Waals surface area contributed by atoms with E-state index in [-0.39, 0.29) is 6.79 Å². The number of rotatable bonds is 7. The zero-order valence-electron chi connectivity index (χ0n) is 15.5. The predicted molar refractivity (Wildman–Crippen MR) is 102 cm³/mol. The second kappa shape index (κ2) is 8.41. The monoisotopic (exact) mass is 371 g/mol. The van der Waals surface area contributed by atoms with Crippen molar-refractivity contribution in [1.29, 1.82) is 0 Å². The number of nitrogens with one attached hydrogen (secondary N) is 2. The van der Waals surface area contributed by atoms with E-state index in [1.807, 2.05) is 31.2 Å². The lowest BCUT2D eigenvalue weighted by atomic mass is 10.2. The maximum atomic E-state index is 5.43. The number of hydrogen-bond acceptors (Lipinski definition) is 8. The highest BCUT2D eigenvalue weighted by atomic mass is 16.7. The van der Waals surface area contributed by atoms with E-state index in [1.54, 1.807) is 0 Å². The lowest BCUT2D eigenvalue weighted by Crippen LogP contribution is -2.39. The number of benzene rings is 1. The van der Waals surface area contributed by atoms with Crippen molar-refractivity contribution in [2.45, 2.75) is 13.5 Å². The first-order chi connectivity index (χ1) is 13.3. The van der Waals surface area contributed by atoms with Gasteiger partial charge in [0, 0.05) is 38.8 Å². The van der Waals surface area contributed by atoms with Crippen LogP contribution < -0.4 is 20.1 Å². The van der Waals surface area contributed by atoms with E-state index < -0.39 is 0 Å². The van der Waals surface area contributed by atoms with Gasteiger partial charge in [-0.1, -0.05) is 6.07 Å². The van der Waals surface area contributed by atoms with Crippen LogP contribution in [0, 0.1) is 6.92 Å². The van der Waals surface area contributed by atoms with Gasteiger partial charge in [-0.3, -0.25) is 4.90 Å². The molecule has 27 heavy (non-hydrogen) atoms. The van der Waals surface area contributed by atoms with Crippen LogP contribution in [-0.2, 0) is 11.3 Å². The molecule has 8 heteroatoms. The molecule has 1 aromatic carbocycles. The topological polar surface area (TPSA) is 80.8 Å². The lowest BCUT2D eigenvalue weighted by Gasteiger charge is -2.26. The zero-order chi connectivity index (χ0) is 18.5. The fraction of sp³-hybridized carbons (Fsp3) is 0.474. The van der Waals surface area contributed by atoms with Crippen molar-refractivity contribution in [3.05, 3.63) is 35.7 Å². The first kappa shape index (κ1) is 17.8. The van der Waals surface area contributed by atoms with Crippen LogP contribution in [0.25, 0.3) is 0 Å². The van der Waals surface area contributed by atoms with Crippen LogP contribution >= 0.6 is 0 Å². The maximum absolute atomic E-state index is 5.43. The minimum atomic E-state index is 0.288. The number of aryl methyl sites for hydroxylation is 1. The van der Waals surface area contributed by atoms with Gasteiger partial charge in [-0.25, -0.2) is 9.97 Å². The standard InChI is InChI=1S/C19H25N5O3/c1-14-22-18(20-4-5-24-6-8-25-9-7-24)11-19(23-14)21-12-15-2-3-16-17(10-15)27-13-26-16/h2-3,10-11H,4-9,12-13H2,1H3,(H2,20,21,22,23). The largest absolute Gasteiger partial charge is 0.454 e. The SMILES string of the molecule is Cc1nc(NCCN2CCOCC2)cc(NCc2ccc3c(c2)OCO3)n1. The Bertz CT molecular complexity index is 780. The molecule has 1 aromatic heterocycles. The van der Waals surface area contributed by atoms with Crippen LogP contribution in [0.1, 0.15) is 11.4 Å². The molecule has 0 atom stereocenters. The third-order valence-electron chi connectivity index (χ3n) is 4.59. The summed E-state index contributed by atoms with van der Waals surface area (Å²) < 4.78 is 16.2. The Kier molecular flexibility index (Phi) is 5.55. The van der Waals surface area contributed by atoms with Crippen LogP contribution in [0.5, 0.6) is 11.5 Å². The zero-order valence-corrected chi connectivity index (χ0v) is 15.5. The third-order valence-corrected chi connectivity index (χ3v) is 4.59. The molecule has 2 aliphatic rings. The van der Waals surface area contributed by atoms with Gasteiger partial charge in [0.15, 0.2) is 11.5 Å². The summed E-state index contributed by atoms with van der Waals surface area (Å²) in [5, 5.41) is 6.75. The van der Waals surface area contributed by atoms with E-state index >= 15 is 0 Å². The first-order valence-corrected chi connectivity index (χ1v) is 9.28. The second-order valence-electron chi connectivity index (χ2n) is 6.61. The van der Waals surface area contributed by atoms with Crippen molar-refractivity contribution >= 4 is 11.6 Å². The molecule has 0 bridgehead atoms. The number of fused-ring (bicyclic) bond motifs is 1. The molecule has 2 aromatic rings. The molecule has 0 unspecified atom stereocenters. The van der Waals surface area contributed by atoms with Gasteiger partial charge in [0.25, 0.3) is 0 Å². The Labute approximate surface area is 158 Å². The Morgan fingerprint density at radius 2 is 1.78 bits per heavy atom. The number of nitrogens with zero attached hydrogens (tertiary/aromatic N) is 3. The minimum absolute atomic E-state index is 0.288. The highest BCUT2D eigenvalue weighted by molar-refractivity contribution is 5.49. The van der Waals surface area contributed by atoms with E-state index in [4.69, 9.17) is 14.2 Å². The van der Waals surface area contributed by atoms with Crippen molar-refractivity contribution in [2.75, 3.05) is 56.8 Å². The Morgan fingerprint density at radius 3 is 2.63 bits per heavy atom. The number of ether oxygens (including phenoxy) is 3. The quantitative estimate of drug-likeness (QED) is 0.764. The number of morpholine rings is 1. The molecule has 0 spiro atoms. The third kappa shape index (κ3) is 4.78. The normalized spacial score (nSPS) is 16.3. The van der Waals surface area contributed by atoms with Crippen LogP contribution in [0.15, 0.2) is 24.3 Å². The van der Waals surface area contributed by atoms with Gasteiger partial charge in [0.2, 0.25) is 6.79 Å². The van der Waals surface area contributed by atoms with Gasteiger partial charge >= 0.3 is 0 Å². The Hall–Kier alpha value is -2.58. The molecule has 0 amide bonds. The van der Waals surface area contributed by atoms with Crippen LogP contribution in [0.2, 0.25) is 0 Å². The summed E-state index contributed by atoms with van der Waals surface area (Å²) >= 11 is 0. The summed E-state index contributed by atoms with van der Waals surface area (Å²) in [7, 11) is 0. The van der Waals surface area contributed by atoms with Gasteiger partial charge in [0.1, 0.15) is 17.5 Å². The average molecular weight is 371 g/mol. The number of anilines is 2. The van der Waals surface area contributed by atoms with Gasteiger partial charge in [-0.05, 0) is 24.6 Å². The van der Waals surface area contributed by atoms with Crippen LogP contribution in [0.3, 0.4) is 0 Å². The fourth-order valence-corrected chi connectivity index (χ4v) is 3.16. The highest BCUT2D eigenvalue weighted by Crippen LogP contribution is 2.32. The van der Waals surface area contributed by atoms with E-state index in [0.29, 0.717) is 6.54 Å². The van der Waals surface area contributed by atoms with Gasteiger partial charge < -0.3 is 24.8 Å². The van der Waals surface area contributed by atoms with Gasteiger partial charge in [-0.15, -0.1) is 0 Å². The van der Waals surface area contributed by atoms with Crippen LogP contribution in [0.4, 0.5) is 11.6 Å². The number of aromatic nitrogens is 2. The van der Waals surface area contributed by atoms with Gasteiger partial charge in [0.05, 0.1) is 13.2 Å². The molecule has 0 saturated carbocycles. The van der Waals surface area contributed by atoms with E-state index in [1.165, 1.54) is 0 Å². The van der Waals surface area contributed by atoms with Crippen molar-refractivity contribution in [3.8, 4) is 11.5 Å². The molecule has 0 radical (unpaired) electrons. The summed E-state index contributed by atoms with van der Waals surface area (Å²) in [4.78, 5) is 11.3. The minimum Gasteiger partial charge on any atom is -0.454 e. The summed E-state index contributed by atoms with van der Waals surface area (Å²) in [6, 6.07) is 7.89. The molecule has 2 N–H and O–H groups in total. The van der Waals surface area contributed by atoms with Crippen molar-refractivity contribution in [1.82, 2.24) is 14.9 Å². The molecular formula is C19H25N5O3. The van der Waals surface area contributed by atoms with Gasteiger partial charge in [-0.2, -0.15) is 0 Å². The Balaban J connectivity index is 1.31. The summed E-state index contributed by atoms with van der Waals surface area (Å²) in [5.74, 6) is 3.96. The molecule has 1 saturated heterocycles.